The summed E-state index contributed by atoms with van der Waals surface area (Å²) in [5.41, 5.74) is 0.647. The number of carbonyl (C=O) groups excluding carboxylic acids is 2. The third-order valence-electron chi connectivity index (χ3n) is 5.07. The Kier molecular flexibility index (Phi) is 6.70. The standard InChI is InChI=1S/C23H18Cl2N2O6S/c1-32-23(29)17-12-15(8-11-18(17)25)26-22(28)21-13-27(19-4-2-3-5-20(19)33-21)34(30,31)16-9-6-14(24)7-10-16/h2-12,21H,13H2,1H3,(H,26,28). The van der Waals surface area contributed by atoms with E-state index in [1.807, 2.05) is 0 Å². The summed E-state index contributed by atoms with van der Waals surface area (Å²) in [6.07, 6.45) is -1.17. The average Bonchev–Trinajstić information content (AvgIpc) is 2.84. The molecule has 0 aromatic heterocycles. The van der Waals surface area contributed by atoms with Gasteiger partial charge in [0.15, 0.2) is 6.10 Å². The average molecular weight is 521 g/mol. The number of anilines is 2. The zero-order chi connectivity index (χ0) is 24.5. The molecule has 0 radical (unpaired) electrons. The number of sulfonamides is 1. The molecule has 34 heavy (non-hydrogen) atoms. The molecule has 3 aromatic rings. The Labute approximate surface area is 206 Å². The number of hydrogen-bond acceptors (Lipinski definition) is 6. The molecule has 11 heteroatoms. The molecular weight excluding hydrogens is 503 g/mol. The first-order chi connectivity index (χ1) is 16.2. The number of rotatable bonds is 5. The van der Waals surface area contributed by atoms with Crippen molar-refractivity contribution in [2.75, 3.05) is 23.3 Å². The number of halogens is 2. The van der Waals surface area contributed by atoms with Crippen molar-refractivity contribution in [3.8, 4) is 5.75 Å². The van der Waals surface area contributed by atoms with Crippen LogP contribution in [0.4, 0.5) is 11.4 Å². The van der Waals surface area contributed by atoms with Crippen molar-refractivity contribution in [2.24, 2.45) is 0 Å². The quantitative estimate of drug-likeness (QED) is 0.501. The number of esters is 1. The molecule has 176 valence electrons. The van der Waals surface area contributed by atoms with E-state index in [0.29, 0.717) is 10.7 Å². The van der Waals surface area contributed by atoms with E-state index in [1.165, 1.54) is 49.6 Å². The Balaban J connectivity index is 1.64. The summed E-state index contributed by atoms with van der Waals surface area (Å²) in [7, 11) is -2.81. The summed E-state index contributed by atoms with van der Waals surface area (Å²) < 4.78 is 38.4. The number of nitrogens with zero attached hydrogens (tertiary/aromatic N) is 1. The van der Waals surface area contributed by atoms with Gasteiger partial charge in [0.2, 0.25) is 0 Å². The lowest BCUT2D eigenvalue weighted by atomic mass is 10.2. The minimum atomic E-state index is -4.02. The van der Waals surface area contributed by atoms with Gasteiger partial charge in [0.25, 0.3) is 15.9 Å². The Morgan fingerprint density at radius 3 is 2.47 bits per heavy atom. The number of methoxy groups -OCH3 is 1. The van der Waals surface area contributed by atoms with Crippen LogP contribution in [0.3, 0.4) is 0 Å². The second kappa shape index (κ2) is 9.54. The van der Waals surface area contributed by atoms with Gasteiger partial charge < -0.3 is 14.8 Å². The largest absolute Gasteiger partial charge is 0.476 e. The molecule has 0 saturated heterocycles. The second-order valence-electron chi connectivity index (χ2n) is 7.24. The monoisotopic (exact) mass is 520 g/mol. The van der Waals surface area contributed by atoms with Gasteiger partial charge in [0, 0.05) is 10.7 Å². The maximum Gasteiger partial charge on any atom is 0.339 e. The molecular formula is C23H18Cl2N2O6S. The molecule has 1 aliphatic heterocycles. The summed E-state index contributed by atoms with van der Waals surface area (Å²) in [6, 6.07) is 16.6. The third-order valence-corrected chi connectivity index (χ3v) is 7.44. The predicted molar refractivity (Wildman–Crippen MR) is 128 cm³/mol. The lowest BCUT2D eigenvalue weighted by Crippen LogP contribution is -2.48. The SMILES string of the molecule is COC(=O)c1cc(NC(=O)C2CN(S(=O)(=O)c3ccc(Cl)cc3)c3ccccc3O2)ccc1Cl. The van der Waals surface area contributed by atoms with E-state index in [-0.39, 0.29) is 33.5 Å². The molecule has 1 aliphatic rings. The molecule has 3 aromatic carbocycles. The van der Waals surface area contributed by atoms with Crippen LogP contribution in [-0.4, -0.2) is 40.1 Å². The van der Waals surface area contributed by atoms with Crippen molar-refractivity contribution in [1.82, 2.24) is 0 Å². The van der Waals surface area contributed by atoms with Crippen LogP contribution in [0.25, 0.3) is 0 Å². The Hall–Kier alpha value is -3.27. The van der Waals surface area contributed by atoms with Gasteiger partial charge in [-0.3, -0.25) is 9.10 Å². The van der Waals surface area contributed by atoms with Crippen LogP contribution in [0, 0.1) is 0 Å². The van der Waals surface area contributed by atoms with Crippen LogP contribution >= 0.6 is 23.2 Å². The van der Waals surface area contributed by atoms with Gasteiger partial charge >= 0.3 is 5.97 Å². The molecule has 0 saturated carbocycles. The number of fused-ring (bicyclic) bond motifs is 1. The van der Waals surface area contributed by atoms with Crippen molar-refractivity contribution >= 4 is 56.5 Å². The molecule has 1 atom stereocenters. The predicted octanol–water partition coefficient (Wildman–Crippen LogP) is 4.38. The van der Waals surface area contributed by atoms with E-state index >= 15 is 0 Å². The lowest BCUT2D eigenvalue weighted by Gasteiger charge is -2.34. The molecule has 1 amide bonds. The maximum absolute atomic E-state index is 13.4. The topological polar surface area (TPSA) is 102 Å². The zero-order valence-corrected chi connectivity index (χ0v) is 20.0. The first kappa shape index (κ1) is 23.9. The van der Waals surface area contributed by atoms with E-state index in [1.54, 1.807) is 24.3 Å². The van der Waals surface area contributed by atoms with Crippen LogP contribution in [0.5, 0.6) is 5.75 Å². The molecule has 1 unspecified atom stereocenters. The van der Waals surface area contributed by atoms with Gasteiger partial charge in [-0.1, -0.05) is 35.3 Å². The summed E-state index contributed by atoms with van der Waals surface area (Å²) in [6.45, 7) is -0.273. The third kappa shape index (κ3) is 4.68. The van der Waals surface area contributed by atoms with E-state index < -0.39 is 28.0 Å². The summed E-state index contributed by atoms with van der Waals surface area (Å²) in [5.74, 6) is -1.04. The number of para-hydroxylation sites is 2. The number of hydrogen-bond donors (Lipinski definition) is 1. The Morgan fingerprint density at radius 1 is 1.06 bits per heavy atom. The smallest absolute Gasteiger partial charge is 0.339 e. The summed E-state index contributed by atoms with van der Waals surface area (Å²) in [4.78, 5) is 25.0. The van der Waals surface area contributed by atoms with Crippen LogP contribution in [0.2, 0.25) is 10.0 Å². The first-order valence-electron chi connectivity index (χ1n) is 9.93. The highest BCUT2D eigenvalue weighted by Gasteiger charge is 2.37. The van der Waals surface area contributed by atoms with Gasteiger partial charge in [-0.2, -0.15) is 0 Å². The molecule has 0 fully saturated rings. The molecule has 4 rings (SSSR count). The molecule has 8 nitrogen and oxygen atoms in total. The molecule has 1 heterocycles. The lowest BCUT2D eigenvalue weighted by molar-refractivity contribution is -0.122. The number of amides is 1. The van der Waals surface area contributed by atoms with E-state index in [4.69, 9.17) is 32.7 Å². The van der Waals surface area contributed by atoms with Crippen LogP contribution in [0.15, 0.2) is 71.6 Å². The van der Waals surface area contributed by atoms with Gasteiger partial charge in [-0.05, 0) is 54.6 Å². The van der Waals surface area contributed by atoms with E-state index in [2.05, 4.69) is 5.32 Å². The molecule has 0 bridgehead atoms. The number of benzene rings is 3. The zero-order valence-electron chi connectivity index (χ0n) is 17.7. The first-order valence-corrected chi connectivity index (χ1v) is 12.1. The highest BCUT2D eigenvalue weighted by atomic mass is 35.5. The molecule has 0 spiro atoms. The van der Waals surface area contributed by atoms with Gasteiger partial charge in [0.1, 0.15) is 5.75 Å². The number of carbonyl (C=O) groups is 2. The minimum absolute atomic E-state index is 0.0215. The normalized spacial score (nSPS) is 15.1. The maximum atomic E-state index is 13.4. The van der Waals surface area contributed by atoms with Crippen LogP contribution in [0.1, 0.15) is 10.4 Å². The number of ether oxygens (including phenoxy) is 2. The summed E-state index contributed by atoms with van der Waals surface area (Å²) >= 11 is 11.9. The van der Waals surface area contributed by atoms with Crippen molar-refractivity contribution < 1.29 is 27.5 Å². The molecule has 1 N–H and O–H groups in total. The van der Waals surface area contributed by atoms with Crippen LogP contribution < -0.4 is 14.4 Å². The summed E-state index contributed by atoms with van der Waals surface area (Å²) in [5, 5.41) is 3.20. The Morgan fingerprint density at radius 2 is 1.76 bits per heavy atom. The van der Waals surface area contributed by atoms with Gasteiger partial charge in [-0.15, -0.1) is 0 Å². The molecule has 0 aliphatic carbocycles. The Bertz CT molecular complexity index is 1360. The van der Waals surface area contributed by atoms with E-state index in [0.717, 1.165) is 4.31 Å². The fraction of sp³-hybridized carbons (Fsp3) is 0.130. The fourth-order valence-electron chi connectivity index (χ4n) is 3.39. The van der Waals surface area contributed by atoms with Crippen molar-refractivity contribution in [3.63, 3.8) is 0 Å². The second-order valence-corrected chi connectivity index (χ2v) is 9.95. The van der Waals surface area contributed by atoms with Gasteiger partial charge in [-0.25, -0.2) is 13.2 Å². The highest BCUT2D eigenvalue weighted by molar-refractivity contribution is 7.92. The number of nitrogens with one attached hydrogen (secondary N) is 1. The van der Waals surface area contributed by atoms with E-state index in [9.17, 15) is 18.0 Å². The fourth-order valence-corrected chi connectivity index (χ4v) is 5.19. The van der Waals surface area contributed by atoms with Crippen molar-refractivity contribution in [2.45, 2.75) is 11.0 Å². The minimum Gasteiger partial charge on any atom is -0.476 e. The van der Waals surface area contributed by atoms with Gasteiger partial charge in [0.05, 0.1) is 34.8 Å². The highest BCUT2D eigenvalue weighted by Crippen LogP contribution is 2.37. The van der Waals surface area contributed by atoms with Crippen molar-refractivity contribution in [1.29, 1.82) is 0 Å². The van der Waals surface area contributed by atoms with Crippen LogP contribution in [-0.2, 0) is 19.6 Å². The van der Waals surface area contributed by atoms with Crippen molar-refractivity contribution in [3.05, 3.63) is 82.3 Å².